The van der Waals surface area contributed by atoms with Crippen molar-refractivity contribution in [2.24, 2.45) is 0 Å². The molecule has 3 N–H and O–H groups in total. The Labute approximate surface area is 165 Å². The van der Waals surface area contributed by atoms with Gasteiger partial charge in [-0.15, -0.1) is 12.4 Å². The highest BCUT2D eigenvalue weighted by molar-refractivity contribution is 6.07. The lowest BCUT2D eigenvalue weighted by Crippen LogP contribution is -2.40. The first-order chi connectivity index (χ1) is 12.5. The van der Waals surface area contributed by atoms with Crippen molar-refractivity contribution in [2.45, 2.75) is 13.8 Å². The van der Waals surface area contributed by atoms with Crippen LogP contribution >= 0.6 is 12.4 Å². The van der Waals surface area contributed by atoms with Gasteiger partial charge in [-0.3, -0.25) is 9.59 Å². The van der Waals surface area contributed by atoms with Gasteiger partial charge in [0.15, 0.2) is 0 Å². The summed E-state index contributed by atoms with van der Waals surface area (Å²) in [7, 11) is 0. The molecule has 0 aromatic heterocycles. The van der Waals surface area contributed by atoms with Crippen LogP contribution < -0.4 is 11.1 Å². The fraction of sp³-hybridized carbons (Fsp3) is 0.300. The van der Waals surface area contributed by atoms with Crippen molar-refractivity contribution in [1.29, 1.82) is 0 Å². The lowest BCUT2D eigenvalue weighted by Gasteiger charge is -2.27. The summed E-state index contributed by atoms with van der Waals surface area (Å²) in [5.74, 6) is -0.294. The molecule has 1 saturated heterocycles. The molecule has 0 atom stereocenters. The van der Waals surface area contributed by atoms with E-state index in [1.165, 1.54) is 0 Å². The molecule has 1 aliphatic rings. The molecule has 3 rings (SSSR count). The molecule has 0 unspecified atom stereocenters. The van der Waals surface area contributed by atoms with Crippen molar-refractivity contribution in [3.63, 3.8) is 0 Å². The SMILES string of the molecule is Cc1ccc(C(=O)N2CCOCC2)cc1NC(=O)c1cc(N)ccc1C.Cl. The third-order valence-electron chi connectivity index (χ3n) is 4.54. The van der Waals surface area contributed by atoms with Crippen LogP contribution in [0, 0.1) is 13.8 Å². The Morgan fingerprint density at radius 2 is 1.70 bits per heavy atom. The topological polar surface area (TPSA) is 84.7 Å². The standard InChI is InChI=1S/C20H23N3O3.ClH/c1-13-4-6-16(21)12-17(13)19(24)22-18-11-15(5-3-14(18)2)20(25)23-7-9-26-10-8-23;/h3-6,11-12H,7-10,21H2,1-2H3,(H,22,24);1H. The van der Waals surface area contributed by atoms with Gasteiger partial charge in [0.2, 0.25) is 0 Å². The van der Waals surface area contributed by atoms with Gasteiger partial charge in [-0.1, -0.05) is 12.1 Å². The number of amides is 2. The fourth-order valence-electron chi connectivity index (χ4n) is 2.91. The number of hydrogen-bond acceptors (Lipinski definition) is 4. The molecule has 0 saturated carbocycles. The summed E-state index contributed by atoms with van der Waals surface area (Å²) < 4.78 is 5.29. The van der Waals surface area contributed by atoms with Crippen LogP contribution in [0.5, 0.6) is 0 Å². The summed E-state index contributed by atoms with van der Waals surface area (Å²) >= 11 is 0. The molecule has 0 radical (unpaired) electrons. The lowest BCUT2D eigenvalue weighted by atomic mass is 10.1. The second-order valence-corrected chi connectivity index (χ2v) is 6.46. The van der Waals surface area contributed by atoms with Crippen LogP contribution in [0.15, 0.2) is 36.4 Å². The van der Waals surface area contributed by atoms with Gasteiger partial charge in [0.1, 0.15) is 0 Å². The number of anilines is 2. The molecule has 144 valence electrons. The highest BCUT2D eigenvalue weighted by Gasteiger charge is 2.20. The van der Waals surface area contributed by atoms with Gasteiger partial charge < -0.3 is 20.7 Å². The Morgan fingerprint density at radius 1 is 1.04 bits per heavy atom. The second kappa shape index (κ2) is 8.88. The van der Waals surface area contributed by atoms with Gasteiger partial charge in [0.05, 0.1) is 13.2 Å². The lowest BCUT2D eigenvalue weighted by molar-refractivity contribution is 0.0303. The van der Waals surface area contributed by atoms with Crippen molar-refractivity contribution < 1.29 is 14.3 Å². The number of nitrogens with two attached hydrogens (primary N) is 1. The molecule has 0 spiro atoms. The van der Waals surface area contributed by atoms with E-state index in [0.717, 1.165) is 11.1 Å². The molecule has 7 heteroatoms. The van der Waals surface area contributed by atoms with Gasteiger partial charge in [0.25, 0.3) is 11.8 Å². The molecule has 2 amide bonds. The van der Waals surface area contributed by atoms with Gasteiger partial charge in [-0.2, -0.15) is 0 Å². The summed E-state index contributed by atoms with van der Waals surface area (Å²) in [5, 5.41) is 2.90. The van der Waals surface area contributed by atoms with Crippen LogP contribution in [0.25, 0.3) is 0 Å². The number of nitrogens with one attached hydrogen (secondary N) is 1. The van der Waals surface area contributed by atoms with Gasteiger partial charge in [-0.05, 0) is 49.2 Å². The second-order valence-electron chi connectivity index (χ2n) is 6.46. The van der Waals surface area contributed by atoms with E-state index in [1.807, 2.05) is 26.0 Å². The number of carbonyl (C=O) groups is 2. The Kier molecular flexibility index (Phi) is 6.82. The van der Waals surface area contributed by atoms with Gasteiger partial charge in [-0.25, -0.2) is 0 Å². The normalized spacial score (nSPS) is 13.6. The van der Waals surface area contributed by atoms with E-state index in [0.29, 0.717) is 48.8 Å². The molecule has 1 aliphatic heterocycles. The summed E-state index contributed by atoms with van der Waals surface area (Å²) in [4.78, 5) is 27.1. The van der Waals surface area contributed by atoms with Crippen molar-refractivity contribution in [1.82, 2.24) is 4.90 Å². The van der Waals surface area contributed by atoms with Crippen LogP contribution in [-0.2, 0) is 4.74 Å². The van der Waals surface area contributed by atoms with E-state index in [2.05, 4.69) is 5.32 Å². The zero-order valence-corrected chi connectivity index (χ0v) is 16.3. The zero-order valence-electron chi connectivity index (χ0n) is 15.5. The largest absolute Gasteiger partial charge is 0.399 e. The Bertz CT molecular complexity index is 848. The highest BCUT2D eigenvalue weighted by Crippen LogP contribution is 2.21. The average molecular weight is 390 g/mol. The monoisotopic (exact) mass is 389 g/mol. The highest BCUT2D eigenvalue weighted by atomic mass is 35.5. The number of nitrogen functional groups attached to an aromatic ring is 1. The maximum absolute atomic E-state index is 12.7. The third kappa shape index (κ3) is 4.78. The number of halogens is 1. The summed E-state index contributed by atoms with van der Waals surface area (Å²) in [5.41, 5.74) is 9.76. The maximum Gasteiger partial charge on any atom is 0.256 e. The minimum absolute atomic E-state index is 0. The van der Waals surface area contributed by atoms with Crippen LogP contribution in [0.3, 0.4) is 0 Å². The van der Waals surface area contributed by atoms with Crippen LogP contribution in [-0.4, -0.2) is 43.0 Å². The van der Waals surface area contributed by atoms with E-state index in [-0.39, 0.29) is 24.2 Å². The molecule has 2 aromatic carbocycles. The van der Waals surface area contributed by atoms with Crippen molar-refractivity contribution >= 4 is 35.6 Å². The number of hydrogen-bond donors (Lipinski definition) is 2. The van der Waals surface area contributed by atoms with E-state index in [1.54, 1.807) is 29.2 Å². The van der Waals surface area contributed by atoms with Crippen LogP contribution in [0.2, 0.25) is 0 Å². The first-order valence-electron chi connectivity index (χ1n) is 8.61. The number of carbonyl (C=O) groups excluding carboxylic acids is 2. The minimum Gasteiger partial charge on any atom is -0.399 e. The molecule has 0 bridgehead atoms. The first-order valence-corrected chi connectivity index (χ1v) is 8.61. The molecule has 1 heterocycles. The van der Waals surface area contributed by atoms with Gasteiger partial charge >= 0.3 is 0 Å². The predicted octanol–water partition coefficient (Wildman–Crippen LogP) is 3.03. The van der Waals surface area contributed by atoms with Crippen LogP contribution in [0.4, 0.5) is 11.4 Å². The smallest absolute Gasteiger partial charge is 0.256 e. The third-order valence-corrected chi connectivity index (χ3v) is 4.54. The molecule has 1 fully saturated rings. The predicted molar refractivity (Wildman–Crippen MR) is 109 cm³/mol. The summed E-state index contributed by atoms with van der Waals surface area (Å²) in [6.07, 6.45) is 0. The molecule has 2 aromatic rings. The summed E-state index contributed by atoms with van der Waals surface area (Å²) in [6.45, 7) is 6.02. The summed E-state index contributed by atoms with van der Waals surface area (Å²) in [6, 6.07) is 10.6. The van der Waals surface area contributed by atoms with E-state index in [9.17, 15) is 9.59 Å². The Hall–Kier alpha value is -2.57. The molecule has 27 heavy (non-hydrogen) atoms. The molecule has 0 aliphatic carbocycles. The number of ether oxygens (including phenoxy) is 1. The number of morpholine rings is 1. The van der Waals surface area contributed by atoms with Crippen molar-refractivity contribution in [3.8, 4) is 0 Å². The van der Waals surface area contributed by atoms with E-state index < -0.39 is 0 Å². The number of benzene rings is 2. The Morgan fingerprint density at radius 3 is 2.41 bits per heavy atom. The van der Waals surface area contributed by atoms with E-state index >= 15 is 0 Å². The van der Waals surface area contributed by atoms with Crippen molar-refractivity contribution in [3.05, 3.63) is 58.7 Å². The quantitative estimate of drug-likeness (QED) is 0.790. The number of aryl methyl sites for hydroxylation is 2. The number of nitrogens with zero attached hydrogens (tertiary/aromatic N) is 1. The minimum atomic E-state index is -0.242. The molecular formula is C20H24ClN3O3. The number of rotatable bonds is 3. The van der Waals surface area contributed by atoms with Gasteiger partial charge in [0, 0.05) is 35.6 Å². The maximum atomic E-state index is 12.7. The molecule has 6 nitrogen and oxygen atoms in total. The zero-order chi connectivity index (χ0) is 18.7. The van der Waals surface area contributed by atoms with Crippen LogP contribution in [0.1, 0.15) is 31.8 Å². The van der Waals surface area contributed by atoms with Crippen molar-refractivity contribution in [2.75, 3.05) is 37.4 Å². The molecular weight excluding hydrogens is 366 g/mol. The fourth-order valence-corrected chi connectivity index (χ4v) is 2.91. The Balaban J connectivity index is 0.00000261. The first kappa shape index (κ1) is 20.7. The average Bonchev–Trinajstić information content (AvgIpc) is 2.65. The van der Waals surface area contributed by atoms with E-state index in [4.69, 9.17) is 10.5 Å².